The molecule has 6 nitrogen and oxygen atoms in total. The molecule has 1 aliphatic rings. The summed E-state index contributed by atoms with van der Waals surface area (Å²) in [5.74, 6) is 0.397. The van der Waals surface area contributed by atoms with Gasteiger partial charge in [-0.05, 0) is 43.7 Å². The van der Waals surface area contributed by atoms with E-state index in [0.717, 1.165) is 22.5 Å². The summed E-state index contributed by atoms with van der Waals surface area (Å²) in [7, 11) is 0. The fraction of sp³-hybridized carbons (Fsp3) is 0.136. The van der Waals surface area contributed by atoms with Crippen LogP contribution in [0.4, 0.5) is 4.39 Å². The topological polar surface area (TPSA) is 72.8 Å². The minimum atomic E-state index is -0.469. The third-order valence-corrected chi connectivity index (χ3v) is 5.08. The van der Waals surface area contributed by atoms with Crippen molar-refractivity contribution in [3.05, 3.63) is 99.0 Å². The van der Waals surface area contributed by atoms with E-state index in [2.05, 4.69) is 15.1 Å². The lowest BCUT2D eigenvalue weighted by Crippen LogP contribution is -2.25. The van der Waals surface area contributed by atoms with Gasteiger partial charge in [-0.2, -0.15) is 10.1 Å². The van der Waals surface area contributed by atoms with Gasteiger partial charge in [0.15, 0.2) is 0 Å². The van der Waals surface area contributed by atoms with Gasteiger partial charge in [0, 0.05) is 0 Å². The molecule has 0 radical (unpaired) electrons. The molecule has 7 heteroatoms. The summed E-state index contributed by atoms with van der Waals surface area (Å²) in [6.45, 7) is 3.58. The summed E-state index contributed by atoms with van der Waals surface area (Å²) in [6.07, 6.45) is 0. The molecule has 29 heavy (non-hydrogen) atoms. The lowest BCUT2D eigenvalue weighted by atomic mass is 9.84. The van der Waals surface area contributed by atoms with E-state index in [1.165, 1.54) is 12.1 Å². The molecule has 144 valence electrons. The highest BCUT2D eigenvalue weighted by Gasteiger charge is 2.37. The van der Waals surface area contributed by atoms with E-state index in [-0.39, 0.29) is 17.3 Å². The molecule has 0 saturated heterocycles. The van der Waals surface area contributed by atoms with Gasteiger partial charge in [-0.15, -0.1) is 0 Å². The number of fused-ring (bicyclic) bond motifs is 2. The summed E-state index contributed by atoms with van der Waals surface area (Å²) in [6, 6.07) is 15.7. The maximum atomic E-state index is 13.6. The van der Waals surface area contributed by atoms with Crippen LogP contribution in [0.25, 0.3) is 5.69 Å². The number of aromatic amines is 1. The van der Waals surface area contributed by atoms with Gasteiger partial charge in [0.1, 0.15) is 11.6 Å². The van der Waals surface area contributed by atoms with E-state index >= 15 is 0 Å². The molecule has 3 heterocycles. The SMILES string of the molecule is Cc1nc2c(c(=O)[nH]1)C(c1ccc(F)cc1)c1c(C)nn(-c3ccccc3)c1O2. The van der Waals surface area contributed by atoms with Crippen molar-refractivity contribution in [3.8, 4) is 17.4 Å². The molecular formula is C22H17FN4O2. The van der Waals surface area contributed by atoms with E-state index < -0.39 is 5.92 Å². The smallest absolute Gasteiger partial charge is 0.258 e. The number of nitrogens with zero attached hydrogens (tertiary/aromatic N) is 3. The number of halogens is 1. The number of ether oxygens (including phenoxy) is 1. The molecule has 0 fully saturated rings. The van der Waals surface area contributed by atoms with Crippen molar-refractivity contribution >= 4 is 0 Å². The first-order valence-electron chi connectivity index (χ1n) is 9.22. The Morgan fingerprint density at radius 2 is 1.76 bits per heavy atom. The van der Waals surface area contributed by atoms with E-state index in [1.54, 1.807) is 23.7 Å². The highest BCUT2D eigenvalue weighted by molar-refractivity contribution is 5.57. The van der Waals surface area contributed by atoms with E-state index in [0.29, 0.717) is 17.3 Å². The Kier molecular flexibility index (Phi) is 3.84. The van der Waals surface area contributed by atoms with Crippen LogP contribution in [0.15, 0.2) is 59.4 Å². The molecule has 4 aromatic rings. The predicted octanol–water partition coefficient (Wildman–Crippen LogP) is 4.00. The Labute approximate surface area is 165 Å². The van der Waals surface area contributed by atoms with Crippen molar-refractivity contribution in [2.24, 2.45) is 0 Å². The van der Waals surface area contributed by atoms with Crippen molar-refractivity contribution in [3.63, 3.8) is 0 Å². The molecule has 0 aliphatic carbocycles. The number of nitrogens with one attached hydrogen (secondary N) is 1. The maximum Gasteiger partial charge on any atom is 0.258 e. The van der Waals surface area contributed by atoms with E-state index in [4.69, 9.17) is 4.74 Å². The van der Waals surface area contributed by atoms with Gasteiger partial charge >= 0.3 is 0 Å². The van der Waals surface area contributed by atoms with Gasteiger partial charge in [-0.3, -0.25) is 4.79 Å². The summed E-state index contributed by atoms with van der Waals surface area (Å²) >= 11 is 0. The highest BCUT2D eigenvalue weighted by Crippen LogP contribution is 2.47. The number of hydrogen-bond donors (Lipinski definition) is 1. The van der Waals surface area contributed by atoms with Crippen LogP contribution in [0.1, 0.15) is 34.1 Å². The lowest BCUT2D eigenvalue weighted by Gasteiger charge is -2.25. The Balaban J connectivity index is 1.81. The summed E-state index contributed by atoms with van der Waals surface area (Å²) in [4.78, 5) is 20.0. The number of aryl methyl sites for hydroxylation is 2. The zero-order valence-corrected chi connectivity index (χ0v) is 15.8. The van der Waals surface area contributed by atoms with Crippen molar-refractivity contribution in [1.29, 1.82) is 0 Å². The van der Waals surface area contributed by atoms with E-state index in [9.17, 15) is 9.18 Å². The van der Waals surface area contributed by atoms with Crippen molar-refractivity contribution in [2.45, 2.75) is 19.8 Å². The zero-order valence-electron chi connectivity index (χ0n) is 15.8. The minimum Gasteiger partial charge on any atom is -0.420 e. The molecule has 0 bridgehead atoms. The standard InChI is InChI=1S/C22H17FN4O2/c1-12-17-18(14-8-10-15(23)11-9-14)19-20(28)24-13(2)25-21(19)29-22(17)27(26-12)16-6-4-3-5-7-16/h3-11,18H,1-2H3,(H,24,25,28). The first kappa shape index (κ1) is 17.4. The molecule has 5 rings (SSSR count). The minimum absolute atomic E-state index is 0.241. The second kappa shape index (κ2) is 6.41. The van der Waals surface area contributed by atoms with Crippen LogP contribution in [0.2, 0.25) is 0 Å². The van der Waals surface area contributed by atoms with Gasteiger partial charge in [0.25, 0.3) is 5.56 Å². The summed E-state index contributed by atoms with van der Waals surface area (Å²) in [5, 5.41) is 4.67. The van der Waals surface area contributed by atoms with Gasteiger partial charge in [-0.25, -0.2) is 9.07 Å². The third-order valence-electron chi connectivity index (χ3n) is 5.08. The van der Waals surface area contributed by atoms with Crippen molar-refractivity contribution in [1.82, 2.24) is 19.7 Å². The number of H-pyrrole nitrogens is 1. The molecule has 1 aliphatic heterocycles. The number of rotatable bonds is 2. The predicted molar refractivity (Wildman–Crippen MR) is 105 cm³/mol. The van der Waals surface area contributed by atoms with Gasteiger partial charge in [0.05, 0.1) is 28.4 Å². The first-order valence-corrected chi connectivity index (χ1v) is 9.22. The Morgan fingerprint density at radius 3 is 2.48 bits per heavy atom. The Bertz CT molecular complexity index is 1280. The average Bonchev–Trinajstić information content (AvgIpc) is 3.04. The average molecular weight is 388 g/mol. The first-order chi connectivity index (χ1) is 14.0. The van der Waals surface area contributed by atoms with Crippen LogP contribution in [0, 0.1) is 19.7 Å². The van der Waals surface area contributed by atoms with Crippen molar-refractivity contribution in [2.75, 3.05) is 0 Å². The van der Waals surface area contributed by atoms with Gasteiger partial charge in [-0.1, -0.05) is 30.3 Å². The Hall–Kier alpha value is -3.74. The largest absolute Gasteiger partial charge is 0.420 e. The van der Waals surface area contributed by atoms with Crippen LogP contribution >= 0.6 is 0 Å². The van der Waals surface area contributed by atoms with Crippen LogP contribution in [0.5, 0.6) is 11.8 Å². The van der Waals surface area contributed by atoms with Crippen LogP contribution in [0.3, 0.4) is 0 Å². The molecule has 1 N–H and O–H groups in total. The van der Waals surface area contributed by atoms with Gasteiger partial charge < -0.3 is 9.72 Å². The van der Waals surface area contributed by atoms with Crippen LogP contribution < -0.4 is 10.3 Å². The fourth-order valence-electron chi connectivity index (χ4n) is 3.82. The second-order valence-corrected chi connectivity index (χ2v) is 7.01. The lowest BCUT2D eigenvalue weighted by molar-refractivity contribution is 0.399. The van der Waals surface area contributed by atoms with Crippen LogP contribution in [-0.4, -0.2) is 19.7 Å². The van der Waals surface area contributed by atoms with Crippen molar-refractivity contribution < 1.29 is 9.13 Å². The third kappa shape index (κ3) is 2.74. The molecule has 1 unspecified atom stereocenters. The quantitative estimate of drug-likeness (QED) is 0.496. The normalized spacial score (nSPS) is 14.8. The second-order valence-electron chi connectivity index (χ2n) is 7.01. The maximum absolute atomic E-state index is 13.6. The molecule has 2 aromatic carbocycles. The zero-order chi connectivity index (χ0) is 20.1. The van der Waals surface area contributed by atoms with E-state index in [1.807, 2.05) is 37.3 Å². The van der Waals surface area contributed by atoms with Crippen LogP contribution in [-0.2, 0) is 0 Å². The van der Waals surface area contributed by atoms with Gasteiger partial charge in [0.2, 0.25) is 11.8 Å². The molecule has 1 atom stereocenters. The molecule has 2 aromatic heterocycles. The number of aromatic nitrogens is 4. The summed E-state index contributed by atoms with van der Waals surface area (Å²) < 4.78 is 21.4. The molecule has 0 spiro atoms. The molecule has 0 saturated carbocycles. The summed E-state index contributed by atoms with van der Waals surface area (Å²) in [5.41, 5.74) is 3.21. The number of para-hydroxylation sites is 1. The Morgan fingerprint density at radius 1 is 1.03 bits per heavy atom. The molecule has 0 amide bonds. The fourth-order valence-corrected chi connectivity index (χ4v) is 3.82. The monoisotopic (exact) mass is 388 g/mol. The number of benzene rings is 2. The highest BCUT2D eigenvalue weighted by atomic mass is 19.1. The molecular weight excluding hydrogens is 371 g/mol. The number of hydrogen-bond acceptors (Lipinski definition) is 4.